The minimum atomic E-state index is 0.307. The lowest BCUT2D eigenvalue weighted by Gasteiger charge is -2.24. The first-order chi connectivity index (χ1) is 8.61. The number of Topliss-reactive ketones (excluding diaryl/α,β-unsaturated/α-hetero) is 1. The second-order valence-electron chi connectivity index (χ2n) is 5.26. The number of pyridine rings is 1. The lowest BCUT2D eigenvalue weighted by molar-refractivity contribution is -0.119. The molecule has 1 fully saturated rings. The molecule has 0 amide bonds. The summed E-state index contributed by atoms with van der Waals surface area (Å²) in [7, 11) is 1.66. The zero-order valence-electron chi connectivity index (χ0n) is 11.5. The van der Waals surface area contributed by atoms with E-state index in [0.717, 1.165) is 29.0 Å². The number of aromatic nitrogens is 1. The van der Waals surface area contributed by atoms with E-state index in [1.54, 1.807) is 13.3 Å². The summed E-state index contributed by atoms with van der Waals surface area (Å²) in [4.78, 5) is 16.3. The predicted molar refractivity (Wildman–Crippen MR) is 70.9 cm³/mol. The van der Waals surface area contributed by atoms with Crippen LogP contribution in [-0.4, -0.2) is 17.9 Å². The average Bonchev–Trinajstić information content (AvgIpc) is 2.28. The van der Waals surface area contributed by atoms with Crippen LogP contribution in [0.2, 0.25) is 0 Å². The third-order valence-electron chi connectivity index (χ3n) is 3.86. The Morgan fingerprint density at radius 1 is 1.44 bits per heavy atom. The first-order valence-corrected chi connectivity index (χ1v) is 6.62. The largest absolute Gasteiger partial charge is 0.496 e. The lowest BCUT2D eigenvalue weighted by atomic mass is 9.81. The Bertz CT molecular complexity index is 450. The molecule has 0 aromatic carbocycles. The van der Waals surface area contributed by atoms with E-state index in [1.165, 1.54) is 19.3 Å². The zero-order chi connectivity index (χ0) is 13.1. The molecule has 0 spiro atoms. The molecule has 0 atom stereocenters. The van der Waals surface area contributed by atoms with Crippen LogP contribution in [0.3, 0.4) is 0 Å². The molecule has 3 heteroatoms. The van der Waals surface area contributed by atoms with Gasteiger partial charge in [-0.2, -0.15) is 0 Å². The van der Waals surface area contributed by atoms with Gasteiger partial charge in [-0.15, -0.1) is 0 Å². The maximum atomic E-state index is 12.0. The van der Waals surface area contributed by atoms with Crippen LogP contribution in [0.5, 0.6) is 5.75 Å². The average molecular weight is 247 g/mol. The molecule has 0 aliphatic heterocycles. The van der Waals surface area contributed by atoms with Crippen LogP contribution >= 0.6 is 0 Å². The Balaban J connectivity index is 2.06. The molecule has 0 N–H and O–H groups in total. The van der Waals surface area contributed by atoms with Crippen molar-refractivity contribution in [2.24, 2.45) is 5.92 Å². The molecule has 98 valence electrons. The van der Waals surface area contributed by atoms with E-state index < -0.39 is 0 Å². The molecule has 18 heavy (non-hydrogen) atoms. The number of hydrogen-bond acceptors (Lipinski definition) is 3. The summed E-state index contributed by atoms with van der Waals surface area (Å²) in [6, 6.07) is 0. The van der Waals surface area contributed by atoms with Gasteiger partial charge in [0.15, 0.2) is 0 Å². The van der Waals surface area contributed by atoms with E-state index in [0.29, 0.717) is 18.1 Å². The van der Waals surface area contributed by atoms with Crippen molar-refractivity contribution >= 4 is 5.78 Å². The van der Waals surface area contributed by atoms with Gasteiger partial charge in [0.05, 0.1) is 12.8 Å². The van der Waals surface area contributed by atoms with E-state index in [4.69, 9.17) is 4.74 Å². The molecule has 0 unspecified atom stereocenters. The molecule has 3 nitrogen and oxygen atoms in total. The Kier molecular flexibility index (Phi) is 4.00. The lowest BCUT2D eigenvalue weighted by Crippen LogP contribution is -2.17. The number of rotatable bonds is 5. The summed E-state index contributed by atoms with van der Waals surface area (Å²) in [5.74, 6) is 1.79. The van der Waals surface area contributed by atoms with Crippen molar-refractivity contribution in [2.45, 2.75) is 46.0 Å². The topological polar surface area (TPSA) is 39.2 Å². The number of aryl methyl sites for hydroxylation is 1. The first-order valence-electron chi connectivity index (χ1n) is 6.62. The van der Waals surface area contributed by atoms with Gasteiger partial charge >= 0.3 is 0 Å². The van der Waals surface area contributed by atoms with E-state index in [2.05, 4.69) is 4.98 Å². The van der Waals surface area contributed by atoms with Crippen LogP contribution in [0, 0.1) is 19.8 Å². The molecule has 1 aliphatic rings. The van der Waals surface area contributed by atoms with Gasteiger partial charge in [-0.05, 0) is 19.8 Å². The minimum Gasteiger partial charge on any atom is -0.496 e. The fourth-order valence-corrected chi connectivity index (χ4v) is 2.53. The van der Waals surface area contributed by atoms with E-state index in [1.807, 2.05) is 13.8 Å². The molecule has 1 aliphatic carbocycles. The van der Waals surface area contributed by atoms with Crippen LogP contribution < -0.4 is 4.74 Å². The summed E-state index contributed by atoms with van der Waals surface area (Å²) in [6.45, 7) is 3.95. The number of ketones is 1. The van der Waals surface area contributed by atoms with Gasteiger partial charge < -0.3 is 4.74 Å². The monoisotopic (exact) mass is 247 g/mol. The van der Waals surface area contributed by atoms with Crippen molar-refractivity contribution in [2.75, 3.05) is 7.11 Å². The number of ether oxygens (including phenoxy) is 1. The van der Waals surface area contributed by atoms with E-state index in [-0.39, 0.29) is 0 Å². The molecule has 0 saturated heterocycles. The Morgan fingerprint density at radius 2 is 2.17 bits per heavy atom. The highest BCUT2D eigenvalue weighted by Gasteiger charge is 2.21. The zero-order valence-corrected chi connectivity index (χ0v) is 11.5. The van der Waals surface area contributed by atoms with Crippen LogP contribution in [0.15, 0.2) is 6.20 Å². The van der Waals surface area contributed by atoms with Gasteiger partial charge in [0.2, 0.25) is 0 Å². The SMILES string of the molecule is COc1c(C)cnc(CC(=O)CC2CCC2)c1C. The van der Waals surface area contributed by atoms with Gasteiger partial charge in [-0.1, -0.05) is 19.3 Å². The highest BCUT2D eigenvalue weighted by molar-refractivity contribution is 5.81. The highest BCUT2D eigenvalue weighted by atomic mass is 16.5. The van der Waals surface area contributed by atoms with Crippen molar-refractivity contribution in [3.63, 3.8) is 0 Å². The first kappa shape index (κ1) is 13.1. The third kappa shape index (κ3) is 2.71. The number of carbonyl (C=O) groups excluding carboxylic acids is 1. The van der Waals surface area contributed by atoms with Gasteiger partial charge in [-0.25, -0.2) is 0 Å². The maximum Gasteiger partial charge on any atom is 0.139 e. The molecule has 0 bridgehead atoms. The molecule has 0 radical (unpaired) electrons. The third-order valence-corrected chi connectivity index (χ3v) is 3.86. The van der Waals surface area contributed by atoms with E-state index >= 15 is 0 Å². The Labute approximate surface area is 109 Å². The van der Waals surface area contributed by atoms with Gasteiger partial charge in [0, 0.05) is 30.2 Å². The van der Waals surface area contributed by atoms with Crippen molar-refractivity contribution in [3.8, 4) is 5.75 Å². The normalized spacial score (nSPS) is 15.3. The molecule has 1 aromatic rings. The van der Waals surface area contributed by atoms with Crippen molar-refractivity contribution in [1.82, 2.24) is 4.98 Å². The number of methoxy groups -OCH3 is 1. The molecule has 2 rings (SSSR count). The molecule has 1 aromatic heterocycles. The Hall–Kier alpha value is -1.38. The summed E-state index contributed by atoms with van der Waals surface area (Å²) in [5.41, 5.74) is 2.88. The quantitative estimate of drug-likeness (QED) is 0.803. The van der Waals surface area contributed by atoms with Gasteiger partial charge in [0.1, 0.15) is 11.5 Å². The summed E-state index contributed by atoms with van der Waals surface area (Å²) in [5, 5.41) is 0. The van der Waals surface area contributed by atoms with Crippen LogP contribution in [0.4, 0.5) is 0 Å². The standard InChI is InChI=1S/C15H21NO2/c1-10-9-16-14(11(2)15(10)18-3)8-13(17)7-12-5-4-6-12/h9,12H,4-8H2,1-3H3. The minimum absolute atomic E-state index is 0.307. The van der Waals surface area contributed by atoms with Crippen molar-refractivity contribution in [3.05, 3.63) is 23.0 Å². The Morgan fingerprint density at radius 3 is 2.72 bits per heavy atom. The summed E-state index contributed by atoms with van der Waals surface area (Å²) >= 11 is 0. The number of hydrogen-bond donors (Lipinski definition) is 0. The van der Waals surface area contributed by atoms with E-state index in [9.17, 15) is 4.79 Å². The number of carbonyl (C=O) groups is 1. The molecular formula is C15H21NO2. The van der Waals surface area contributed by atoms with Crippen LogP contribution in [-0.2, 0) is 11.2 Å². The second kappa shape index (κ2) is 5.51. The maximum absolute atomic E-state index is 12.0. The van der Waals surface area contributed by atoms with Crippen LogP contribution in [0.25, 0.3) is 0 Å². The fourth-order valence-electron chi connectivity index (χ4n) is 2.53. The summed E-state index contributed by atoms with van der Waals surface area (Å²) in [6.07, 6.45) is 6.67. The predicted octanol–water partition coefficient (Wildman–Crippen LogP) is 3.01. The van der Waals surface area contributed by atoms with Crippen molar-refractivity contribution < 1.29 is 9.53 Å². The molecule has 1 saturated carbocycles. The fraction of sp³-hybridized carbons (Fsp3) is 0.600. The second-order valence-corrected chi connectivity index (χ2v) is 5.26. The van der Waals surface area contributed by atoms with Gasteiger partial charge in [0.25, 0.3) is 0 Å². The smallest absolute Gasteiger partial charge is 0.139 e. The number of nitrogens with zero attached hydrogens (tertiary/aromatic N) is 1. The van der Waals surface area contributed by atoms with Gasteiger partial charge in [-0.3, -0.25) is 9.78 Å². The highest BCUT2D eigenvalue weighted by Crippen LogP contribution is 2.30. The molecule has 1 heterocycles. The van der Waals surface area contributed by atoms with Crippen molar-refractivity contribution in [1.29, 1.82) is 0 Å². The summed E-state index contributed by atoms with van der Waals surface area (Å²) < 4.78 is 5.36. The molecular weight excluding hydrogens is 226 g/mol. The van der Waals surface area contributed by atoms with Crippen LogP contribution in [0.1, 0.15) is 42.5 Å².